The third-order valence-electron chi connectivity index (χ3n) is 3.58. The number of hydrogen-bond donors (Lipinski definition) is 1. The van der Waals surface area contributed by atoms with Gasteiger partial charge in [0.2, 0.25) is 0 Å². The number of rotatable bonds is 5. The molecule has 1 aromatic rings. The summed E-state index contributed by atoms with van der Waals surface area (Å²) in [6, 6.07) is 6.78. The highest BCUT2D eigenvalue weighted by Gasteiger charge is 2.14. The molecule has 3 heteroatoms. The molecule has 2 nitrogen and oxygen atoms in total. The molecule has 1 aliphatic rings. The van der Waals surface area contributed by atoms with Gasteiger partial charge in [0.15, 0.2) is 0 Å². The van der Waals surface area contributed by atoms with Gasteiger partial charge in [0.1, 0.15) is 0 Å². The van der Waals surface area contributed by atoms with Gasteiger partial charge >= 0.3 is 0 Å². The van der Waals surface area contributed by atoms with E-state index in [4.69, 9.17) is 11.6 Å². The second-order valence-corrected chi connectivity index (χ2v) is 5.79. The van der Waals surface area contributed by atoms with Crippen molar-refractivity contribution < 1.29 is 0 Å². The molecule has 1 atom stereocenters. The number of aryl methyl sites for hydroxylation is 1. The minimum atomic E-state index is 0.514. The van der Waals surface area contributed by atoms with Crippen molar-refractivity contribution in [3.05, 3.63) is 34.3 Å². The van der Waals surface area contributed by atoms with Crippen LogP contribution in [0.1, 0.15) is 30.9 Å². The summed E-state index contributed by atoms with van der Waals surface area (Å²) in [6.07, 6.45) is 2.72. The van der Waals surface area contributed by atoms with Crippen LogP contribution >= 0.6 is 11.6 Å². The highest BCUT2D eigenvalue weighted by atomic mass is 35.5. The van der Waals surface area contributed by atoms with E-state index in [9.17, 15) is 0 Å². The smallest absolute Gasteiger partial charge is 0.0453 e. The van der Waals surface area contributed by atoms with Crippen molar-refractivity contribution in [2.45, 2.75) is 39.3 Å². The van der Waals surface area contributed by atoms with Crippen LogP contribution in [0.5, 0.6) is 0 Å². The zero-order valence-corrected chi connectivity index (χ0v) is 12.1. The van der Waals surface area contributed by atoms with Gasteiger partial charge in [0.05, 0.1) is 0 Å². The Morgan fingerprint density at radius 3 is 2.72 bits per heavy atom. The van der Waals surface area contributed by atoms with E-state index in [2.05, 4.69) is 36.2 Å². The van der Waals surface area contributed by atoms with E-state index in [0.29, 0.717) is 6.04 Å². The predicted octanol–water partition coefficient (Wildman–Crippen LogP) is 3.22. The first-order chi connectivity index (χ1) is 8.65. The molecular weight excluding hydrogens is 244 g/mol. The Bertz CT molecular complexity index is 386. The van der Waals surface area contributed by atoms with Crippen molar-refractivity contribution >= 4 is 11.6 Å². The number of halogens is 1. The Labute approximate surface area is 115 Å². The maximum Gasteiger partial charge on any atom is 0.0453 e. The fourth-order valence-corrected chi connectivity index (χ4v) is 2.80. The predicted molar refractivity (Wildman–Crippen MR) is 78.2 cm³/mol. The van der Waals surface area contributed by atoms with Gasteiger partial charge in [0, 0.05) is 24.2 Å². The molecular formula is C15H23ClN2. The summed E-state index contributed by atoms with van der Waals surface area (Å²) in [5, 5.41) is 4.43. The summed E-state index contributed by atoms with van der Waals surface area (Å²) in [5.74, 6) is 0. The zero-order chi connectivity index (χ0) is 13.0. The molecule has 0 radical (unpaired) electrons. The Hall–Kier alpha value is -0.570. The van der Waals surface area contributed by atoms with Gasteiger partial charge < -0.3 is 10.2 Å². The second kappa shape index (κ2) is 6.55. The van der Waals surface area contributed by atoms with E-state index in [1.54, 1.807) is 0 Å². The van der Waals surface area contributed by atoms with Crippen LogP contribution in [0.4, 0.5) is 0 Å². The van der Waals surface area contributed by atoms with Gasteiger partial charge in [0.25, 0.3) is 0 Å². The fourth-order valence-electron chi connectivity index (χ4n) is 2.50. The van der Waals surface area contributed by atoms with E-state index < -0.39 is 0 Å². The molecule has 1 aliphatic heterocycles. The Kier molecular flexibility index (Phi) is 5.04. The average Bonchev–Trinajstić information content (AvgIpc) is 2.80. The summed E-state index contributed by atoms with van der Waals surface area (Å²) < 4.78 is 0. The molecule has 0 aromatic heterocycles. The fraction of sp³-hybridized carbons (Fsp3) is 0.600. The Morgan fingerprint density at radius 2 is 2.06 bits per heavy atom. The van der Waals surface area contributed by atoms with Crippen molar-refractivity contribution in [1.29, 1.82) is 0 Å². The maximum atomic E-state index is 6.23. The SMILES string of the molecule is Cc1ccc(CNC(C)CN2CCCC2)c(Cl)c1. The number of benzene rings is 1. The molecule has 0 aliphatic carbocycles. The number of nitrogens with zero attached hydrogens (tertiary/aromatic N) is 1. The second-order valence-electron chi connectivity index (χ2n) is 5.38. The highest BCUT2D eigenvalue weighted by molar-refractivity contribution is 6.31. The third-order valence-corrected chi connectivity index (χ3v) is 3.93. The van der Waals surface area contributed by atoms with E-state index >= 15 is 0 Å². The topological polar surface area (TPSA) is 15.3 Å². The van der Waals surface area contributed by atoms with Crippen LogP contribution in [0.2, 0.25) is 5.02 Å². The summed E-state index contributed by atoms with van der Waals surface area (Å²) in [5.41, 5.74) is 2.41. The van der Waals surface area contributed by atoms with Crippen LogP contribution in [0.3, 0.4) is 0 Å². The molecule has 100 valence electrons. The maximum absolute atomic E-state index is 6.23. The summed E-state index contributed by atoms with van der Waals surface area (Å²) >= 11 is 6.23. The molecule has 1 aromatic carbocycles. The van der Waals surface area contributed by atoms with Gasteiger partial charge in [-0.15, -0.1) is 0 Å². The van der Waals surface area contributed by atoms with Crippen LogP contribution in [0.15, 0.2) is 18.2 Å². The molecule has 1 N–H and O–H groups in total. The molecule has 1 fully saturated rings. The van der Waals surface area contributed by atoms with E-state index in [1.807, 2.05) is 6.07 Å². The number of nitrogens with one attached hydrogen (secondary N) is 1. The molecule has 0 spiro atoms. The minimum Gasteiger partial charge on any atom is -0.309 e. The molecule has 1 heterocycles. The van der Waals surface area contributed by atoms with Gasteiger partial charge in [-0.05, 0) is 57.0 Å². The lowest BCUT2D eigenvalue weighted by atomic mass is 10.1. The third kappa shape index (κ3) is 3.98. The standard InChI is InChI=1S/C15H23ClN2/c1-12-5-6-14(15(16)9-12)10-17-13(2)11-18-7-3-4-8-18/h5-6,9,13,17H,3-4,7-8,10-11H2,1-2H3. The molecule has 18 heavy (non-hydrogen) atoms. The first-order valence-corrected chi connectivity index (χ1v) is 7.24. The molecule has 1 unspecified atom stereocenters. The monoisotopic (exact) mass is 266 g/mol. The van der Waals surface area contributed by atoms with Crippen LogP contribution in [-0.2, 0) is 6.54 Å². The summed E-state index contributed by atoms with van der Waals surface area (Å²) in [6.45, 7) is 8.84. The summed E-state index contributed by atoms with van der Waals surface area (Å²) in [7, 11) is 0. The van der Waals surface area contributed by atoms with Crippen LogP contribution in [-0.4, -0.2) is 30.6 Å². The highest BCUT2D eigenvalue weighted by Crippen LogP contribution is 2.17. The Balaban J connectivity index is 1.79. The van der Waals surface area contributed by atoms with Gasteiger partial charge in [-0.3, -0.25) is 0 Å². The van der Waals surface area contributed by atoms with Crippen LogP contribution in [0.25, 0.3) is 0 Å². The van der Waals surface area contributed by atoms with E-state index in [0.717, 1.165) is 18.1 Å². The van der Waals surface area contributed by atoms with Crippen molar-refractivity contribution in [2.75, 3.05) is 19.6 Å². The number of likely N-dealkylation sites (tertiary alicyclic amines) is 1. The molecule has 0 saturated carbocycles. The van der Waals surface area contributed by atoms with Crippen molar-refractivity contribution in [1.82, 2.24) is 10.2 Å². The molecule has 1 saturated heterocycles. The molecule has 0 amide bonds. The van der Waals surface area contributed by atoms with Crippen molar-refractivity contribution in [3.8, 4) is 0 Å². The minimum absolute atomic E-state index is 0.514. The summed E-state index contributed by atoms with van der Waals surface area (Å²) in [4.78, 5) is 2.54. The number of hydrogen-bond acceptors (Lipinski definition) is 2. The lowest BCUT2D eigenvalue weighted by molar-refractivity contribution is 0.298. The van der Waals surface area contributed by atoms with Crippen LogP contribution in [0, 0.1) is 6.92 Å². The quantitative estimate of drug-likeness (QED) is 0.880. The van der Waals surface area contributed by atoms with Gasteiger partial charge in [-0.2, -0.15) is 0 Å². The van der Waals surface area contributed by atoms with Crippen molar-refractivity contribution in [2.24, 2.45) is 0 Å². The van der Waals surface area contributed by atoms with Gasteiger partial charge in [-0.25, -0.2) is 0 Å². The van der Waals surface area contributed by atoms with Crippen LogP contribution < -0.4 is 5.32 Å². The first kappa shape index (κ1) is 13.9. The molecule has 2 rings (SSSR count). The average molecular weight is 267 g/mol. The molecule has 0 bridgehead atoms. The lowest BCUT2D eigenvalue weighted by Crippen LogP contribution is -2.37. The largest absolute Gasteiger partial charge is 0.309 e. The first-order valence-electron chi connectivity index (χ1n) is 6.86. The van der Waals surface area contributed by atoms with Gasteiger partial charge in [-0.1, -0.05) is 23.7 Å². The van der Waals surface area contributed by atoms with E-state index in [1.165, 1.54) is 37.1 Å². The van der Waals surface area contributed by atoms with E-state index in [-0.39, 0.29) is 0 Å². The van der Waals surface area contributed by atoms with Crippen molar-refractivity contribution in [3.63, 3.8) is 0 Å². The normalized spacial score (nSPS) is 18.2. The Morgan fingerprint density at radius 1 is 1.33 bits per heavy atom. The lowest BCUT2D eigenvalue weighted by Gasteiger charge is -2.21. The zero-order valence-electron chi connectivity index (χ0n) is 11.4.